The summed E-state index contributed by atoms with van der Waals surface area (Å²) in [6.07, 6.45) is 2.31. The summed E-state index contributed by atoms with van der Waals surface area (Å²) >= 11 is 0. The van der Waals surface area contributed by atoms with Gasteiger partial charge in [0.1, 0.15) is 18.0 Å². The Morgan fingerprint density at radius 3 is 2.80 bits per heavy atom. The minimum atomic E-state index is -0.423. The Kier molecular flexibility index (Phi) is 3.83. The molecule has 1 amide bonds. The minimum absolute atomic E-state index is 0.132. The summed E-state index contributed by atoms with van der Waals surface area (Å²) in [5.74, 6) is 0.887. The molecule has 2 heterocycles. The van der Waals surface area contributed by atoms with Gasteiger partial charge in [0, 0.05) is 12.1 Å². The molecule has 1 N–H and O–H groups in total. The number of carbonyl (C=O) groups is 1. The number of nitrogens with zero attached hydrogens (tertiary/aromatic N) is 3. The highest BCUT2D eigenvalue weighted by Gasteiger charge is 2.23. The predicted molar refractivity (Wildman–Crippen MR) is 92.0 cm³/mol. The van der Waals surface area contributed by atoms with Gasteiger partial charge < -0.3 is 9.84 Å². The highest BCUT2D eigenvalue weighted by molar-refractivity contribution is 5.93. The van der Waals surface area contributed by atoms with E-state index in [1.807, 2.05) is 30.3 Å². The molecule has 0 unspecified atom stereocenters. The van der Waals surface area contributed by atoms with Crippen molar-refractivity contribution in [1.82, 2.24) is 20.3 Å². The average Bonchev–Trinajstić information content (AvgIpc) is 3.38. The first-order chi connectivity index (χ1) is 12.1. The van der Waals surface area contributed by atoms with E-state index in [-0.39, 0.29) is 18.0 Å². The summed E-state index contributed by atoms with van der Waals surface area (Å²) in [6.45, 7) is 2.27. The van der Waals surface area contributed by atoms with Crippen LogP contribution in [-0.4, -0.2) is 27.4 Å². The minimum Gasteiger partial charge on any atom is -0.360 e. The van der Waals surface area contributed by atoms with E-state index in [0.29, 0.717) is 29.3 Å². The smallest absolute Gasteiger partial charge is 0.297 e. The quantitative estimate of drug-likeness (QED) is 0.767. The number of aryl methyl sites for hydroxylation is 1. The molecule has 1 aliphatic carbocycles. The molecule has 1 saturated carbocycles. The standard InChI is InChI=1S/C18H18N4O3/c1-11-15-16(13-5-3-2-4-6-13)20-22(18(24)17(15)21-25-11)10-14(23)19-9-12-7-8-12/h2-6,12H,7-10H2,1H3,(H,19,23). The molecule has 0 atom stereocenters. The van der Waals surface area contributed by atoms with Crippen molar-refractivity contribution >= 4 is 16.8 Å². The van der Waals surface area contributed by atoms with Gasteiger partial charge in [-0.2, -0.15) is 5.10 Å². The first kappa shape index (κ1) is 15.6. The first-order valence-corrected chi connectivity index (χ1v) is 8.32. The number of amides is 1. The summed E-state index contributed by atoms with van der Waals surface area (Å²) in [5.41, 5.74) is 1.20. The van der Waals surface area contributed by atoms with Crippen LogP contribution in [0.4, 0.5) is 0 Å². The Hall–Kier alpha value is -2.96. The van der Waals surface area contributed by atoms with Gasteiger partial charge in [0.2, 0.25) is 5.91 Å². The molecule has 0 aliphatic heterocycles. The van der Waals surface area contributed by atoms with Crippen molar-refractivity contribution in [3.05, 3.63) is 46.4 Å². The number of nitrogens with one attached hydrogen (secondary N) is 1. The molecule has 2 aromatic heterocycles. The second-order valence-electron chi connectivity index (χ2n) is 6.39. The van der Waals surface area contributed by atoms with Gasteiger partial charge in [-0.25, -0.2) is 4.68 Å². The van der Waals surface area contributed by atoms with Gasteiger partial charge in [0.05, 0.1) is 5.39 Å². The van der Waals surface area contributed by atoms with E-state index in [9.17, 15) is 9.59 Å². The van der Waals surface area contributed by atoms with Gasteiger partial charge in [-0.1, -0.05) is 35.5 Å². The first-order valence-electron chi connectivity index (χ1n) is 8.32. The lowest BCUT2D eigenvalue weighted by atomic mass is 10.1. The number of benzene rings is 1. The molecular weight excluding hydrogens is 320 g/mol. The molecule has 7 heteroatoms. The van der Waals surface area contributed by atoms with Crippen LogP contribution in [-0.2, 0) is 11.3 Å². The lowest BCUT2D eigenvalue weighted by Gasteiger charge is -2.09. The number of fused-ring (bicyclic) bond motifs is 1. The van der Waals surface area contributed by atoms with Crippen LogP contribution in [0.1, 0.15) is 18.6 Å². The molecule has 0 saturated heterocycles. The van der Waals surface area contributed by atoms with Gasteiger partial charge in [-0.3, -0.25) is 9.59 Å². The summed E-state index contributed by atoms with van der Waals surface area (Å²) in [4.78, 5) is 24.7. The van der Waals surface area contributed by atoms with Crippen molar-refractivity contribution in [2.75, 3.05) is 6.54 Å². The Labute approximate surface area is 143 Å². The van der Waals surface area contributed by atoms with Crippen molar-refractivity contribution in [2.24, 2.45) is 5.92 Å². The van der Waals surface area contributed by atoms with Crippen molar-refractivity contribution in [2.45, 2.75) is 26.3 Å². The SMILES string of the molecule is Cc1onc2c(=O)n(CC(=O)NCC3CC3)nc(-c3ccccc3)c12. The number of hydrogen-bond donors (Lipinski definition) is 1. The maximum absolute atomic E-state index is 12.6. The molecule has 128 valence electrons. The molecule has 7 nitrogen and oxygen atoms in total. The highest BCUT2D eigenvalue weighted by atomic mass is 16.5. The van der Waals surface area contributed by atoms with Crippen LogP contribution >= 0.6 is 0 Å². The van der Waals surface area contributed by atoms with Gasteiger partial charge in [0.25, 0.3) is 5.56 Å². The monoisotopic (exact) mass is 338 g/mol. The largest absolute Gasteiger partial charge is 0.360 e. The molecule has 25 heavy (non-hydrogen) atoms. The zero-order valence-electron chi connectivity index (χ0n) is 13.9. The fourth-order valence-electron chi connectivity index (χ4n) is 2.81. The summed E-state index contributed by atoms with van der Waals surface area (Å²) < 4.78 is 6.36. The zero-order valence-corrected chi connectivity index (χ0v) is 13.9. The average molecular weight is 338 g/mol. The zero-order chi connectivity index (χ0) is 17.4. The van der Waals surface area contributed by atoms with E-state index in [1.54, 1.807) is 6.92 Å². The Morgan fingerprint density at radius 1 is 1.32 bits per heavy atom. The second kappa shape index (κ2) is 6.16. The van der Waals surface area contributed by atoms with Crippen LogP contribution < -0.4 is 10.9 Å². The molecule has 0 spiro atoms. The van der Waals surface area contributed by atoms with Crippen LogP contribution in [0.25, 0.3) is 22.2 Å². The Balaban J connectivity index is 1.75. The molecular formula is C18H18N4O3. The van der Waals surface area contributed by atoms with Crippen LogP contribution in [0.15, 0.2) is 39.6 Å². The maximum Gasteiger partial charge on any atom is 0.297 e. The lowest BCUT2D eigenvalue weighted by molar-refractivity contribution is -0.121. The summed E-state index contributed by atoms with van der Waals surface area (Å²) in [5, 5.41) is 11.7. The van der Waals surface area contributed by atoms with Crippen LogP contribution in [0.5, 0.6) is 0 Å². The molecule has 4 rings (SSSR count). The van der Waals surface area contributed by atoms with Gasteiger partial charge >= 0.3 is 0 Å². The third-order valence-corrected chi connectivity index (χ3v) is 4.38. The number of rotatable bonds is 5. The highest BCUT2D eigenvalue weighted by Crippen LogP contribution is 2.28. The van der Waals surface area contributed by atoms with Gasteiger partial charge in [-0.05, 0) is 25.7 Å². The van der Waals surface area contributed by atoms with E-state index in [4.69, 9.17) is 4.52 Å². The Morgan fingerprint density at radius 2 is 2.08 bits per heavy atom. The summed E-state index contributed by atoms with van der Waals surface area (Å²) in [7, 11) is 0. The lowest BCUT2D eigenvalue weighted by Crippen LogP contribution is -2.35. The number of carbonyl (C=O) groups excluding carboxylic acids is 1. The molecule has 3 aromatic rings. The van der Waals surface area contributed by atoms with Crippen molar-refractivity contribution in [3.8, 4) is 11.3 Å². The van der Waals surface area contributed by atoms with Crippen molar-refractivity contribution in [3.63, 3.8) is 0 Å². The topological polar surface area (TPSA) is 90.0 Å². The van der Waals surface area contributed by atoms with E-state index in [2.05, 4.69) is 15.6 Å². The predicted octanol–water partition coefficient (Wildman–Crippen LogP) is 1.89. The molecule has 1 aliphatic rings. The fraction of sp³-hybridized carbons (Fsp3) is 0.333. The van der Waals surface area contributed by atoms with Crippen molar-refractivity contribution < 1.29 is 9.32 Å². The third-order valence-electron chi connectivity index (χ3n) is 4.38. The van der Waals surface area contributed by atoms with E-state index < -0.39 is 5.56 Å². The molecule has 1 aromatic carbocycles. The van der Waals surface area contributed by atoms with Gasteiger partial charge in [-0.15, -0.1) is 0 Å². The van der Waals surface area contributed by atoms with Crippen molar-refractivity contribution in [1.29, 1.82) is 0 Å². The van der Waals surface area contributed by atoms with E-state index in [1.165, 1.54) is 0 Å². The summed E-state index contributed by atoms with van der Waals surface area (Å²) in [6, 6.07) is 9.49. The van der Waals surface area contributed by atoms with Crippen LogP contribution in [0.3, 0.4) is 0 Å². The molecule has 1 fully saturated rings. The van der Waals surface area contributed by atoms with Crippen LogP contribution in [0, 0.1) is 12.8 Å². The maximum atomic E-state index is 12.6. The molecule has 0 radical (unpaired) electrons. The van der Waals surface area contributed by atoms with E-state index >= 15 is 0 Å². The number of hydrogen-bond acceptors (Lipinski definition) is 5. The van der Waals surface area contributed by atoms with E-state index in [0.717, 1.165) is 23.1 Å². The molecule has 0 bridgehead atoms. The van der Waals surface area contributed by atoms with Gasteiger partial charge in [0.15, 0.2) is 5.52 Å². The Bertz CT molecular complexity index is 987. The number of aromatic nitrogens is 3. The van der Waals surface area contributed by atoms with Crippen LogP contribution in [0.2, 0.25) is 0 Å². The third kappa shape index (κ3) is 3.05. The second-order valence-corrected chi connectivity index (χ2v) is 6.39. The normalized spacial score (nSPS) is 14.0. The fourth-order valence-corrected chi connectivity index (χ4v) is 2.81.